The van der Waals surface area contributed by atoms with Crippen LogP contribution in [0, 0.1) is 34.5 Å². The van der Waals surface area contributed by atoms with E-state index in [0.717, 1.165) is 49.7 Å². The summed E-state index contributed by atoms with van der Waals surface area (Å²) in [5.74, 6) is 1.87. The summed E-state index contributed by atoms with van der Waals surface area (Å²) in [5, 5.41) is 0. The molecule has 7 aliphatic rings. The minimum atomic E-state index is -0.399. The van der Waals surface area contributed by atoms with Gasteiger partial charge in [-0.1, -0.05) is 13.8 Å². The van der Waals surface area contributed by atoms with Gasteiger partial charge in [-0.2, -0.15) is 0 Å². The average Bonchev–Trinajstić information content (AvgIpc) is 3.67. The lowest BCUT2D eigenvalue weighted by molar-refractivity contribution is -0.924. The highest BCUT2D eigenvalue weighted by Gasteiger charge is 2.67. The molecule has 10 atom stereocenters. The number of halogens is 1. The fraction of sp³-hybridized carbons (Fsp3) is 0.943. The van der Waals surface area contributed by atoms with Crippen molar-refractivity contribution in [3.8, 4) is 0 Å². The Balaban J connectivity index is 0.00000343. The van der Waals surface area contributed by atoms with Gasteiger partial charge in [0.15, 0.2) is 11.9 Å². The fourth-order valence-corrected chi connectivity index (χ4v) is 12.3. The normalized spacial score (nSPS) is 45.9. The summed E-state index contributed by atoms with van der Waals surface area (Å²) in [6.07, 6.45) is 12.4. The van der Waals surface area contributed by atoms with Crippen LogP contribution in [-0.4, -0.2) is 97.8 Å². The number of piperidine rings is 1. The number of carbonyl (C=O) groups is 2. The molecule has 3 unspecified atom stereocenters. The molecule has 4 saturated carbocycles. The first-order valence-corrected chi connectivity index (χ1v) is 17.7. The summed E-state index contributed by atoms with van der Waals surface area (Å²) >= 11 is 0. The Morgan fingerprint density at radius 2 is 1.50 bits per heavy atom. The molecule has 4 aliphatic carbocycles. The Kier molecular flexibility index (Phi) is 9.09. The molecule has 3 heterocycles. The van der Waals surface area contributed by atoms with E-state index in [2.05, 4.69) is 25.8 Å². The maximum atomic E-state index is 12.5. The van der Waals surface area contributed by atoms with Crippen molar-refractivity contribution in [1.82, 2.24) is 4.90 Å². The van der Waals surface area contributed by atoms with Gasteiger partial charge in [-0.15, -0.1) is 0 Å². The van der Waals surface area contributed by atoms with Crippen molar-refractivity contribution in [3.05, 3.63) is 0 Å². The van der Waals surface area contributed by atoms with Gasteiger partial charge >= 0.3 is 11.9 Å². The molecule has 250 valence electrons. The van der Waals surface area contributed by atoms with Crippen molar-refractivity contribution in [1.29, 1.82) is 0 Å². The predicted molar refractivity (Wildman–Crippen MR) is 162 cm³/mol. The van der Waals surface area contributed by atoms with Crippen LogP contribution in [0.3, 0.4) is 0 Å². The molecule has 0 N–H and O–H groups in total. The van der Waals surface area contributed by atoms with Gasteiger partial charge in [0, 0.05) is 70.5 Å². The summed E-state index contributed by atoms with van der Waals surface area (Å²) in [6, 6.07) is 0.661. The third kappa shape index (κ3) is 5.40. The predicted octanol–water partition coefficient (Wildman–Crippen LogP) is 1.93. The van der Waals surface area contributed by atoms with E-state index in [1.165, 1.54) is 51.6 Å². The van der Waals surface area contributed by atoms with Gasteiger partial charge in [0.2, 0.25) is 0 Å². The zero-order valence-corrected chi connectivity index (χ0v) is 29.4. The number of quaternary nitrogens is 1. The number of fused-ring (bicyclic) bond motifs is 5. The second-order valence-corrected chi connectivity index (χ2v) is 16.5. The molecule has 0 aromatic heterocycles. The molecule has 0 radical (unpaired) electrons. The number of likely N-dealkylation sites (tertiary alicyclic amines) is 2. The molecule has 1 spiro atoms. The van der Waals surface area contributed by atoms with Crippen molar-refractivity contribution in [2.24, 2.45) is 34.5 Å². The smallest absolute Gasteiger partial charge is 0.303 e. The minimum Gasteiger partial charge on any atom is -1.00 e. The summed E-state index contributed by atoms with van der Waals surface area (Å²) in [4.78, 5) is 27.4. The van der Waals surface area contributed by atoms with Crippen LogP contribution in [0.1, 0.15) is 98.3 Å². The third-order valence-electron chi connectivity index (χ3n) is 14.4. The number of nitrogens with zero attached hydrogens (tertiary/aromatic N) is 2. The Morgan fingerprint density at radius 3 is 2.14 bits per heavy atom. The van der Waals surface area contributed by atoms with Crippen molar-refractivity contribution < 1.29 is 50.0 Å². The van der Waals surface area contributed by atoms with E-state index in [0.29, 0.717) is 42.9 Å². The van der Waals surface area contributed by atoms with Gasteiger partial charge in [0.1, 0.15) is 12.1 Å². The lowest BCUT2D eigenvalue weighted by atomic mass is 9.44. The van der Waals surface area contributed by atoms with Gasteiger partial charge in [-0.05, 0) is 67.6 Å². The maximum absolute atomic E-state index is 12.5. The topological polar surface area (TPSA) is 74.3 Å². The van der Waals surface area contributed by atoms with Gasteiger partial charge in [-0.25, -0.2) is 0 Å². The summed E-state index contributed by atoms with van der Waals surface area (Å²) in [7, 11) is 2.44. The third-order valence-corrected chi connectivity index (χ3v) is 14.4. The van der Waals surface area contributed by atoms with E-state index < -0.39 is 5.79 Å². The first kappa shape index (κ1) is 33.2. The Labute approximate surface area is 275 Å². The zero-order valence-electron chi connectivity index (χ0n) is 27.9. The van der Waals surface area contributed by atoms with E-state index in [1.54, 1.807) is 13.8 Å². The SMILES string of the molecule is CC(=O)O[C@H]1C[C@@H]2CCC3C4C[C@H]([N+]5(C)CCCC5)[C@H](OC(C)=O)[C@@]4(C)CCC3[C@@]2(C)C[C@@H]1N1CCC2(CC1)OCCO2.[Br-]. The van der Waals surface area contributed by atoms with E-state index >= 15 is 0 Å². The number of rotatable bonds is 4. The quantitative estimate of drug-likeness (QED) is 0.332. The van der Waals surface area contributed by atoms with Gasteiger partial charge < -0.3 is 40.4 Å². The van der Waals surface area contributed by atoms with E-state index in [-0.39, 0.29) is 58.0 Å². The van der Waals surface area contributed by atoms with E-state index in [9.17, 15) is 9.59 Å². The summed E-state index contributed by atoms with van der Waals surface area (Å²) < 4.78 is 25.7. The summed E-state index contributed by atoms with van der Waals surface area (Å²) in [6.45, 7) is 14.0. The van der Waals surface area contributed by atoms with Crippen molar-refractivity contribution >= 4 is 11.9 Å². The molecule has 3 saturated heterocycles. The maximum Gasteiger partial charge on any atom is 0.303 e. The first-order valence-electron chi connectivity index (χ1n) is 17.7. The van der Waals surface area contributed by atoms with Crippen LogP contribution in [0.4, 0.5) is 0 Å². The lowest BCUT2D eigenvalue weighted by Gasteiger charge is -2.62. The van der Waals surface area contributed by atoms with E-state index in [1.807, 2.05) is 0 Å². The molecular formula is C35H57BrN2O6. The van der Waals surface area contributed by atoms with Crippen LogP contribution in [0.5, 0.6) is 0 Å². The molecule has 3 aliphatic heterocycles. The number of hydrogen-bond donors (Lipinski definition) is 0. The van der Waals surface area contributed by atoms with Gasteiger partial charge in [0.05, 0.1) is 33.4 Å². The Hall–Kier alpha value is -0.740. The molecule has 7 rings (SSSR count). The first-order chi connectivity index (χ1) is 20.5. The largest absolute Gasteiger partial charge is 1.00 e. The Bertz CT molecular complexity index is 1080. The van der Waals surface area contributed by atoms with Crippen molar-refractivity contribution in [2.75, 3.05) is 46.4 Å². The highest BCUT2D eigenvalue weighted by atomic mass is 79.9. The minimum absolute atomic E-state index is 0. The number of likely N-dealkylation sites (N-methyl/N-ethyl adjacent to an activating group) is 1. The molecular weight excluding hydrogens is 624 g/mol. The standard InChI is InChI=1S/C35H57N2O6.BrH/c1-23(38)42-31-20-25-8-9-26-27(34(25,4)22-29(31)36-14-12-35(13-15-36)40-18-19-41-35)10-11-33(3)28(26)21-30(32(33)43-24(2)39)37(5)16-6-7-17-37;/h25-32H,6-22H2,1-5H3;1H/q+1;/p-1/t25-,26?,27?,28?,29-,30-,31-,32-,33-,34-;/m0./s1. The van der Waals surface area contributed by atoms with Crippen LogP contribution in [0.25, 0.3) is 0 Å². The van der Waals surface area contributed by atoms with Gasteiger partial charge in [-0.3, -0.25) is 14.5 Å². The highest BCUT2D eigenvalue weighted by Crippen LogP contribution is 2.68. The van der Waals surface area contributed by atoms with Crippen LogP contribution >= 0.6 is 0 Å². The fourth-order valence-electron chi connectivity index (χ4n) is 12.3. The Morgan fingerprint density at radius 1 is 0.841 bits per heavy atom. The van der Waals surface area contributed by atoms with E-state index in [4.69, 9.17) is 18.9 Å². The van der Waals surface area contributed by atoms with Crippen LogP contribution in [0.15, 0.2) is 0 Å². The second-order valence-electron chi connectivity index (χ2n) is 16.5. The molecule has 0 bridgehead atoms. The number of ether oxygens (including phenoxy) is 4. The van der Waals surface area contributed by atoms with Gasteiger partial charge in [0.25, 0.3) is 0 Å². The number of carbonyl (C=O) groups excluding carboxylic acids is 2. The highest BCUT2D eigenvalue weighted by molar-refractivity contribution is 5.66. The molecule has 0 amide bonds. The molecule has 8 nitrogen and oxygen atoms in total. The second kappa shape index (κ2) is 12.1. The lowest BCUT2D eigenvalue weighted by Crippen LogP contribution is -3.00. The van der Waals surface area contributed by atoms with Crippen molar-refractivity contribution in [3.63, 3.8) is 0 Å². The summed E-state index contributed by atoms with van der Waals surface area (Å²) in [5.41, 5.74) is 0.281. The van der Waals surface area contributed by atoms with Crippen LogP contribution < -0.4 is 17.0 Å². The number of hydrogen-bond acceptors (Lipinski definition) is 7. The molecule has 0 aromatic rings. The zero-order chi connectivity index (χ0) is 30.2. The molecule has 9 heteroatoms. The molecule has 44 heavy (non-hydrogen) atoms. The average molecular weight is 682 g/mol. The molecule has 7 fully saturated rings. The monoisotopic (exact) mass is 680 g/mol. The van der Waals surface area contributed by atoms with Crippen molar-refractivity contribution in [2.45, 2.75) is 128 Å². The number of esters is 2. The van der Waals surface area contributed by atoms with Crippen LogP contribution in [0.2, 0.25) is 0 Å². The van der Waals surface area contributed by atoms with Crippen LogP contribution in [-0.2, 0) is 28.5 Å². The molecule has 0 aromatic carbocycles.